The number of imidazole rings is 1. The number of fused-ring (bicyclic) bond motifs is 1. The van der Waals surface area contributed by atoms with Crippen molar-refractivity contribution in [3.63, 3.8) is 0 Å². The standard InChI is InChI=1S/C11H5F4N5/c12-4-1-5(13)8(7(15)6(4)14)20-11-9-10(17-2-16-9)18-3-19-11/h1-3H,(H2,16,17,18,19,20). The molecule has 20 heavy (non-hydrogen) atoms. The first-order valence-corrected chi connectivity index (χ1v) is 5.32. The Kier molecular flexibility index (Phi) is 2.74. The van der Waals surface area contributed by atoms with E-state index in [1.54, 1.807) is 0 Å². The van der Waals surface area contributed by atoms with Crippen molar-refractivity contribution in [2.24, 2.45) is 0 Å². The van der Waals surface area contributed by atoms with Crippen LogP contribution in [0, 0.1) is 23.3 Å². The average molecular weight is 283 g/mol. The third-order valence-corrected chi connectivity index (χ3v) is 2.58. The lowest BCUT2D eigenvalue weighted by Gasteiger charge is -2.09. The first-order chi connectivity index (χ1) is 9.58. The molecule has 0 unspecified atom stereocenters. The minimum atomic E-state index is -1.77. The van der Waals surface area contributed by atoms with Gasteiger partial charge in [-0.25, -0.2) is 32.5 Å². The van der Waals surface area contributed by atoms with Gasteiger partial charge in [0.2, 0.25) is 0 Å². The van der Waals surface area contributed by atoms with Gasteiger partial charge in [0.1, 0.15) is 17.5 Å². The fourth-order valence-corrected chi connectivity index (χ4v) is 1.66. The molecule has 0 bridgehead atoms. The van der Waals surface area contributed by atoms with E-state index in [4.69, 9.17) is 0 Å². The predicted octanol–water partition coefficient (Wildman–Crippen LogP) is 2.65. The molecule has 0 aliphatic heterocycles. The topological polar surface area (TPSA) is 66.5 Å². The molecular weight excluding hydrogens is 278 g/mol. The second kappa shape index (κ2) is 4.44. The zero-order valence-corrected chi connectivity index (χ0v) is 9.59. The van der Waals surface area contributed by atoms with Gasteiger partial charge in [-0.1, -0.05) is 0 Å². The molecule has 3 rings (SSSR count). The van der Waals surface area contributed by atoms with Gasteiger partial charge in [0.25, 0.3) is 0 Å². The number of hydrogen-bond donors (Lipinski definition) is 2. The third-order valence-electron chi connectivity index (χ3n) is 2.58. The van der Waals surface area contributed by atoms with Crippen LogP contribution in [0.1, 0.15) is 0 Å². The number of aromatic amines is 1. The molecule has 0 amide bonds. The summed E-state index contributed by atoms with van der Waals surface area (Å²) in [5.41, 5.74) is -0.319. The molecule has 0 saturated carbocycles. The minimum absolute atomic E-state index is 0.0173. The van der Waals surface area contributed by atoms with Crippen LogP contribution in [-0.4, -0.2) is 19.9 Å². The van der Waals surface area contributed by atoms with Crippen molar-refractivity contribution in [3.05, 3.63) is 42.0 Å². The van der Waals surface area contributed by atoms with E-state index in [-0.39, 0.29) is 23.0 Å². The number of hydrogen-bond acceptors (Lipinski definition) is 4. The maximum absolute atomic E-state index is 13.5. The maximum Gasteiger partial charge on any atom is 0.196 e. The number of benzene rings is 1. The fraction of sp³-hybridized carbons (Fsp3) is 0. The molecule has 0 aliphatic rings. The lowest BCUT2D eigenvalue weighted by Crippen LogP contribution is -2.04. The van der Waals surface area contributed by atoms with Crippen LogP contribution in [0.25, 0.3) is 11.2 Å². The van der Waals surface area contributed by atoms with Gasteiger partial charge in [0.15, 0.2) is 34.7 Å². The van der Waals surface area contributed by atoms with E-state index in [0.717, 1.165) is 6.33 Å². The van der Waals surface area contributed by atoms with E-state index < -0.39 is 29.0 Å². The summed E-state index contributed by atoms with van der Waals surface area (Å²) < 4.78 is 53.0. The van der Waals surface area contributed by atoms with Crippen molar-refractivity contribution in [3.8, 4) is 0 Å². The lowest BCUT2D eigenvalue weighted by molar-refractivity contribution is 0.438. The van der Waals surface area contributed by atoms with E-state index in [1.165, 1.54) is 6.33 Å². The molecule has 102 valence electrons. The molecule has 2 N–H and O–H groups in total. The van der Waals surface area contributed by atoms with Crippen LogP contribution in [0.4, 0.5) is 29.1 Å². The Hall–Kier alpha value is -2.71. The second-order valence-electron chi connectivity index (χ2n) is 3.79. The summed E-state index contributed by atoms with van der Waals surface area (Å²) in [6.45, 7) is 0. The van der Waals surface area contributed by atoms with Crippen LogP contribution in [0.15, 0.2) is 18.7 Å². The minimum Gasteiger partial charge on any atom is -0.340 e. The van der Waals surface area contributed by atoms with Gasteiger partial charge in [0, 0.05) is 6.07 Å². The Labute approximate surface area is 108 Å². The smallest absolute Gasteiger partial charge is 0.196 e. The number of anilines is 2. The van der Waals surface area contributed by atoms with Gasteiger partial charge in [-0.05, 0) is 0 Å². The molecule has 9 heteroatoms. The summed E-state index contributed by atoms with van der Waals surface area (Å²) in [6.07, 6.45) is 2.42. The maximum atomic E-state index is 13.5. The normalized spacial score (nSPS) is 11.0. The van der Waals surface area contributed by atoms with Crippen LogP contribution in [-0.2, 0) is 0 Å². The van der Waals surface area contributed by atoms with Crippen LogP contribution in [0.5, 0.6) is 0 Å². The van der Waals surface area contributed by atoms with Crippen molar-refractivity contribution in [2.75, 3.05) is 5.32 Å². The first-order valence-electron chi connectivity index (χ1n) is 5.32. The summed E-state index contributed by atoms with van der Waals surface area (Å²) in [7, 11) is 0. The third kappa shape index (κ3) is 1.83. The van der Waals surface area contributed by atoms with E-state index >= 15 is 0 Å². The van der Waals surface area contributed by atoms with E-state index in [9.17, 15) is 17.6 Å². The second-order valence-corrected chi connectivity index (χ2v) is 3.79. The van der Waals surface area contributed by atoms with Crippen LogP contribution in [0.3, 0.4) is 0 Å². The molecule has 5 nitrogen and oxygen atoms in total. The molecule has 0 saturated heterocycles. The summed E-state index contributed by atoms with van der Waals surface area (Å²) in [5, 5.41) is 2.26. The zero-order chi connectivity index (χ0) is 14.3. The van der Waals surface area contributed by atoms with Crippen LogP contribution in [0.2, 0.25) is 0 Å². The highest BCUT2D eigenvalue weighted by atomic mass is 19.2. The Balaban J connectivity index is 2.12. The molecule has 0 spiro atoms. The number of aromatic nitrogens is 4. The van der Waals surface area contributed by atoms with Crippen molar-refractivity contribution >= 4 is 22.7 Å². The molecule has 1 aromatic carbocycles. The monoisotopic (exact) mass is 283 g/mol. The van der Waals surface area contributed by atoms with Crippen molar-refractivity contribution in [1.82, 2.24) is 19.9 Å². The number of H-pyrrole nitrogens is 1. The highest BCUT2D eigenvalue weighted by Gasteiger charge is 2.20. The van der Waals surface area contributed by atoms with Crippen LogP contribution < -0.4 is 5.32 Å². The quantitative estimate of drug-likeness (QED) is 0.431. The molecule has 0 radical (unpaired) electrons. The van der Waals surface area contributed by atoms with Crippen LogP contribution >= 0.6 is 0 Å². The number of halogens is 4. The van der Waals surface area contributed by atoms with Gasteiger partial charge >= 0.3 is 0 Å². The lowest BCUT2D eigenvalue weighted by atomic mass is 10.2. The summed E-state index contributed by atoms with van der Waals surface area (Å²) in [6, 6.07) is 0.242. The summed E-state index contributed by atoms with van der Waals surface area (Å²) in [5.74, 6) is -6.36. The highest BCUT2D eigenvalue weighted by molar-refractivity contribution is 5.84. The van der Waals surface area contributed by atoms with Gasteiger partial charge in [0.05, 0.1) is 6.33 Å². The number of nitrogens with zero attached hydrogens (tertiary/aromatic N) is 3. The zero-order valence-electron chi connectivity index (χ0n) is 9.59. The Bertz CT molecular complexity index is 801. The fourth-order valence-electron chi connectivity index (χ4n) is 1.66. The Morgan fingerprint density at radius 2 is 1.75 bits per heavy atom. The predicted molar refractivity (Wildman–Crippen MR) is 61.2 cm³/mol. The molecule has 0 aliphatic carbocycles. The highest BCUT2D eigenvalue weighted by Crippen LogP contribution is 2.28. The first kappa shape index (κ1) is 12.3. The molecule has 0 atom stereocenters. The van der Waals surface area contributed by atoms with Gasteiger partial charge in [-0.15, -0.1) is 0 Å². The molecule has 2 aromatic heterocycles. The van der Waals surface area contributed by atoms with Gasteiger partial charge < -0.3 is 10.3 Å². The van der Waals surface area contributed by atoms with E-state index in [2.05, 4.69) is 25.3 Å². The van der Waals surface area contributed by atoms with Crippen molar-refractivity contribution in [1.29, 1.82) is 0 Å². The Morgan fingerprint density at radius 1 is 0.950 bits per heavy atom. The van der Waals surface area contributed by atoms with E-state index in [1.807, 2.05) is 0 Å². The SMILES string of the molecule is Fc1cc(F)c(Nc2ncnc3nc[nH]c23)c(F)c1F. The average Bonchev–Trinajstić information content (AvgIpc) is 2.90. The summed E-state index contributed by atoms with van der Waals surface area (Å²) >= 11 is 0. The van der Waals surface area contributed by atoms with Crippen molar-refractivity contribution in [2.45, 2.75) is 0 Å². The molecule has 3 aromatic rings. The number of rotatable bonds is 2. The Morgan fingerprint density at radius 3 is 2.55 bits per heavy atom. The largest absolute Gasteiger partial charge is 0.340 e. The van der Waals surface area contributed by atoms with E-state index in [0.29, 0.717) is 0 Å². The molecule has 2 heterocycles. The molecule has 0 fully saturated rings. The molecular formula is C11H5F4N5. The summed E-state index contributed by atoms with van der Waals surface area (Å²) in [4.78, 5) is 14.1. The van der Waals surface area contributed by atoms with Gasteiger partial charge in [-0.3, -0.25) is 0 Å². The number of nitrogens with one attached hydrogen (secondary N) is 2. The van der Waals surface area contributed by atoms with Gasteiger partial charge in [-0.2, -0.15) is 0 Å². The van der Waals surface area contributed by atoms with Crippen molar-refractivity contribution < 1.29 is 17.6 Å².